The molecule has 1 aromatic heterocycles. The Balaban J connectivity index is 1.73. The second kappa shape index (κ2) is 7.60. The molecule has 0 spiro atoms. The van der Waals surface area contributed by atoms with E-state index in [0.29, 0.717) is 28.1 Å². The van der Waals surface area contributed by atoms with Gasteiger partial charge in [-0.15, -0.1) is 0 Å². The van der Waals surface area contributed by atoms with Gasteiger partial charge >= 0.3 is 0 Å². The molecule has 2 heterocycles. The van der Waals surface area contributed by atoms with Crippen LogP contribution in [0.1, 0.15) is 24.4 Å². The smallest absolute Gasteiger partial charge is 0.255 e. The average molecular weight is 410 g/mol. The number of aromatic nitrogens is 3. The van der Waals surface area contributed by atoms with Crippen molar-refractivity contribution in [1.82, 2.24) is 14.8 Å². The van der Waals surface area contributed by atoms with E-state index in [-0.39, 0.29) is 5.91 Å². The Hall–Kier alpha value is -3.32. The summed E-state index contributed by atoms with van der Waals surface area (Å²) in [5.41, 5.74) is 2.84. The predicted octanol–water partition coefficient (Wildman–Crippen LogP) is 4.18. The first-order valence-corrected chi connectivity index (χ1v) is 9.46. The largest absolute Gasteiger partial charge is 0.497 e. The van der Waals surface area contributed by atoms with Gasteiger partial charge in [-0.05, 0) is 55.8 Å². The van der Waals surface area contributed by atoms with Gasteiger partial charge in [0.05, 0.1) is 12.7 Å². The Morgan fingerprint density at radius 2 is 1.83 bits per heavy atom. The Bertz CT molecular complexity index is 1090. The van der Waals surface area contributed by atoms with Crippen molar-refractivity contribution in [3.63, 3.8) is 0 Å². The van der Waals surface area contributed by atoms with Gasteiger partial charge in [0.25, 0.3) is 5.91 Å². The number of hydrogen-bond acceptors (Lipinski definition) is 5. The van der Waals surface area contributed by atoms with Crippen LogP contribution in [0.25, 0.3) is 0 Å². The first-order chi connectivity index (χ1) is 14.0. The summed E-state index contributed by atoms with van der Waals surface area (Å²) in [6.07, 6.45) is 0. The number of anilines is 2. The second-order valence-corrected chi connectivity index (χ2v) is 7.16. The highest BCUT2D eigenvalue weighted by Gasteiger charge is 2.34. The number of nitrogens with one attached hydrogen (secondary N) is 2. The molecule has 3 aromatic rings. The summed E-state index contributed by atoms with van der Waals surface area (Å²) < 4.78 is 6.90. The Kier molecular flexibility index (Phi) is 4.98. The highest BCUT2D eigenvalue weighted by molar-refractivity contribution is 6.30. The lowest BCUT2D eigenvalue weighted by molar-refractivity contribution is -0.113. The van der Waals surface area contributed by atoms with Gasteiger partial charge in [0.1, 0.15) is 17.6 Å². The molecule has 148 valence electrons. The molecule has 29 heavy (non-hydrogen) atoms. The highest BCUT2D eigenvalue weighted by atomic mass is 35.5. The minimum Gasteiger partial charge on any atom is -0.497 e. The fraction of sp³-hybridized carbons (Fsp3) is 0.190. The first-order valence-electron chi connectivity index (χ1n) is 9.08. The van der Waals surface area contributed by atoms with Crippen molar-refractivity contribution in [2.24, 2.45) is 0 Å². The number of allylic oxidation sites excluding steroid dienone is 1. The lowest BCUT2D eigenvalue weighted by atomic mass is 9.95. The van der Waals surface area contributed by atoms with Crippen LogP contribution in [0.4, 0.5) is 11.6 Å². The van der Waals surface area contributed by atoms with Gasteiger partial charge in [-0.25, -0.2) is 4.68 Å². The number of nitrogens with zero attached hydrogens (tertiary/aromatic N) is 3. The fourth-order valence-corrected chi connectivity index (χ4v) is 3.50. The third-order valence-electron chi connectivity index (χ3n) is 4.74. The van der Waals surface area contributed by atoms with Gasteiger partial charge < -0.3 is 15.4 Å². The van der Waals surface area contributed by atoms with Crippen LogP contribution in [0.2, 0.25) is 5.02 Å². The van der Waals surface area contributed by atoms with E-state index in [0.717, 1.165) is 17.0 Å². The summed E-state index contributed by atoms with van der Waals surface area (Å²) in [4.78, 5) is 17.7. The van der Waals surface area contributed by atoms with Crippen LogP contribution in [0, 0.1) is 6.92 Å². The highest BCUT2D eigenvalue weighted by Crippen LogP contribution is 2.36. The summed E-state index contributed by atoms with van der Waals surface area (Å²) in [7, 11) is 1.60. The number of benzene rings is 2. The molecular weight excluding hydrogens is 390 g/mol. The number of carbonyl (C=O) groups is 1. The Morgan fingerprint density at radius 1 is 1.14 bits per heavy atom. The number of amides is 1. The number of hydrogen-bond donors (Lipinski definition) is 2. The maximum Gasteiger partial charge on any atom is 0.255 e. The number of aryl methyl sites for hydroxylation is 1. The summed E-state index contributed by atoms with van der Waals surface area (Å²) >= 11 is 6.07. The monoisotopic (exact) mass is 409 g/mol. The van der Waals surface area contributed by atoms with Crippen LogP contribution in [-0.4, -0.2) is 27.8 Å². The number of carbonyl (C=O) groups excluding carboxylic acids is 1. The molecule has 0 radical (unpaired) electrons. The van der Waals surface area contributed by atoms with Crippen LogP contribution in [0.5, 0.6) is 5.75 Å². The Morgan fingerprint density at radius 3 is 2.48 bits per heavy atom. The predicted molar refractivity (Wildman–Crippen MR) is 112 cm³/mol. The van der Waals surface area contributed by atoms with Crippen molar-refractivity contribution < 1.29 is 9.53 Å². The van der Waals surface area contributed by atoms with Crippen LogP contribution < -0.4 is 15.4 Å². The summed E-state index contributed by atoms with van der Waals surface area (Å²) in [5, 5.41) is 11.3. The zero-order chi connectivity index (χ0) is 20.5. The average Bonchev–Trinajstić information content (AvgIpc) is 3.07. The molecule has 4 rings (SSSR count). The van der Waals surface area contributed by atoms with E-state index in [1.165, 1.54) is 0 Å². The lowest BCUT2D eigenvalue weighted by Crippen LogP contribution is -2.31. The van der Waals surface area contributed by atoms with Crippen LogP contribution in [0.3, 0.4) is 0 Å². The minimum absolute atomic E-state index is 0.223. The second-order valence-electron chi connectivity index (χ2n) is 6.73. The molecule has 0 fully saturated rings. The van der Waals surface area contributed by atoms with Crippen molar-refractivity contribution in [3.05, 3.63) is 76.2 Å². The molecule has 1 aliphatic heterocycles. The van der Waals surface area contributed by atoms with Crippen LogP contribution in [0.15, 0.2) is 59.8 Å². The molecule has 0 saturated heterocycles. The lowest BCUT2D eigenvalue weighted by Gasteiger charge is -2.28. The molecular formula is C21H20ClN5O2. The van der Waals surface area contributed by atoms with Crippen molar-refractivity contribution in [3.8, 4) is 5.75 Å². The molecule has 2 N–H and O–H groups in total. The molecule has 1 unspecified atom stereocenters. The molecule has 0 bridgehead atoms. The van der Waals surface area contributed by atoms with Gasteiger partial charge in [-0.2, -0.15) is 10.1 Å². The number of methoxy groups -OCH3 is 1. The van der Waals surface area contributed by atoms with E-state index in [1.54, 1.807) is 48.2 Å². The number of ether oxygens (including phenoxy) is 1. The molecule has 0 saturated carbocycles. The SMILES string of the molecule is COc1ccc(NC(=O)C2=C(C)Nc3nc(C)nn3C2c2ccc(Cl)cc2)cc1. The summed E-state index contributed by atoms with van der Waals surface area (Å²) in [6, 6.07) is 14.2. The molecule has 1 aliphatic rings. The van der Waals surface area contributed by atoms with Crippen molar-refractivity contribution in [2.45, 2.75) is 19.9 Å². The van der Waals surface area contributed by atoms with Crippen molar-refractivity contribution in [2.75, 3.05) is 17.7 Å². The maximum atomic E-state index is 13.3. The minimum atomic E-state index is -0.428. The molecule has 1 atom stereocenters. The van der Waals surface area contributed by atoms with Gasteiger partial charge in [0, 0.05) is 16.4 Å². The maximum absolute atomic E-state index is 13.3. The van der Waals surface area contributed by atoms with Gasteiger partial charge in [0.2, 0.25) is 5.95 Å². The van der Waals surface area contributed by atoms with E-state index < -0.39 is 6.04 Å². The quantitative estimate of drug-likeness (QED) is 0.675. The zero-order valence-electron chi connectivity index (χ0n) is 16.2. The zero-order valence-corrected chi connectivity index (χ0v) is 17.0. The van der Waals surface area contributed by atoms with E-state index in [4.69, 9.17) is 16.3 Å². The number of rotatable bonds is 4. The number of halogens is 1. The van der Waals surface area contributed by atoms with Crippen LogP contribution in [-0.2, 0) is 4.79 Å². The third-order valence-corrected chi connectivity index (χ3v) is 4.99. The molecule has 0 aliphatic carbocycles. The van der Waals surface area contributed by atoms with E-state index in [2.05, 4.69) is 20.7 Å². The topological polar surface area (TPSA) is 81.1 Å². The standard InChI is InChI=1S/C21H20ClN5O2/c1-12-18(20(28)25-16-8-10-17(29-3)11-9-16)19(14-4-6-15(22)7-5-14)27-21(23-12)24-13(2)26-27/h4-11,19H,1-3H3,(H,25,28)(H,23,24,26). The summed E-state index contributed by atoms with van der Waals surface area (Å²) in [5.74, 6) is 1.72. The van der Waals surface area contributed by atoms with E-state index >= 15 is 0 Å². The number of fused-ring (bicyclic) bond motifs is 1. The van der Waals surface area contributed by atoms with E-state index in [1.807, 2.05) is 26.0 Å². The fourth-order valence-electron chi connectivity index (χ4n) is 3.38. The molecule has 2 aromatic carbocycles. The molecule has 7 nitrogen and oxygen atoms in total. The van der Waals surface area contributed by atoms with Crippen molar-refractivity contribution in [1.29, 1.82) is 0 Å². The Labute approximate surface area is 173 Å². The van der Waals surface area contributed by atoms with Crippen molar-refractivity contribution >= 4 is 29.1 Å². The molecule has 1 amide bonds. The normalized spacial score (nSPS) is 15.5. The van der Waals surface area contributed by atoms with Gasteiger partial charge in [-0.1, -0.05) is 23.7 Å². The van der Waals surface area contributed by atoms with Gasteiger partial charge in [-0.3, -0.25) is 4.79 Å². The van der Waals surface area contributed by atoms with E-state index in [9.17, 15) is 4.79 Å². The summed E-state index contributed by atoms with van der Waals surface area (Å²) in [6.45, 7) is 3.68. The first kappa shape index (κ1) is 19.0. The van der Waals surface area contributed by atoms with Gasteiger partial charge in [0.15, 0.2) is 0 Å². The third kappa shape index (κ3) is 3.69. The molecule has 8 heteroatoms. The van der Waals surface area contributed by atoms with Crippen LogP contribution >= 0.6 is 11.6 Å².